The number of carboxylic acid groups (broad SMARTS) is 1. The second-order valence-corrected chi connectivity index (χ2v) is 4.09. The minimum atomic E-state index is -1.10. The molecule has 1 aliphatic heterocycles. The molecule has 1 fully saturated rings. The van der Waals surface area contributed by atoms with E-state index in [9.17, 15) is 14.7 Å². The average Bonchev–Trinajstić information content (AvgIpc) is 2.83. The van der Waals surface area contributed by atoms with Crippen LogP contribution in [0.3, 0.4) is 0 Å². The number of hydrogen-bond acceptors (Lipinski definition) is 4. The van der Waals surface area contributed by atoms with Gasteiger partial charge in [-0.25, -0.2) is 9.78 Å². The van der Waals surface area contributed by atoms with Gasteiger partial charge in [-0.05, 0) is 0 Å². The van der Waals surface area contributed by atoms with Crippen LogP contribution in [0.25, 0.3) is 0 Å². The molecule has 0 spiro atoms. The lowest BCUT2D eigenvalue weighted by Gasteiger charge is -2.20. The van der Waals surface area contributed by atoms with Crippen LogP contribution >= 0.6 is 0 Å². The molecule has 0 saturated carbocycles. The second-order valence-electron chi connectivity index (χ2n) is 4.09. The van der Waals surface area contributed by atoms with E-state index < -0.39 is 24.0 Å². The highest BCUT2D eigenvalue weighted by atomic mass is 16.4. The summed E-state index contributed by atoms with van der Waals surface area (Å²) in [6.45, 7) is 0.0426. The molecule has 0 aromatic carbocycles. The molecule has 2 rings (SSSR count). The average molecular weight is 239 g/mol. The van der Waals surface area contributed by atoms with E-state index in [-0.39, 0.29) is 13.0 Å². The van der Waals surface area contributed by atoms with Crippen molar-refractivity contribution in [3.05, 3.63) is 18.2 Å². The van der Waals surface area contributed by atoms with Gasteiger partial charge in [0.15, 0.2) is 0 Å². The summed E-state index contributed by atoms with van der Waals surface area (Å²) in [6, 6.07) is -0.965. The minimum absolute atomic E-state index is 0.0426. The van der Waals surface area contributed by atoms with Gasteiger partial charge in [-0.3, -0.25) is 4.79 Å². The first-order chi connectivity index (χ1) is 8.00. The summed E-state index contributed by atoms with van der Waals surface area (Å²) in [5.74, 6) is -1.52. The van der Waals surface area contributed by atoms with Crippen LogP contribution in [0.15, 0.2) is 12.5 Å². The van der Waals surface area contributed by atoms with Crippen molar-refractivity contribution in [1.29, 1.82) is 0 Å². The molecule has 2 N–H and O–H groups in total. The number of aliphatic hydroxyl groups is 1. The first-order valence-corrected chi connectivity index (χ1v) is 5.19. The number of aromatic nitrogens is 2. The van der Waals surface area contributed by atoms with E-state index in [1.54, 1.807) is 7.05 Å². The number of aryl methyl sites for hydroxylation is 1. The fourth-order valence-electron chi connectivity index (χ4n) is 1.98. The van der Waals surface area contributed by atoms with Gasteiger partial charge >= 0.3 is 5.97 Å². The van der Waals surface area contributed by atoms with Crippen LogP contribution < -0.4 is 0 Å². The lowest BCUT2D eigenvalue weighted by molar-refractivity contribution is -0.141. The number of β-amino-alcohol motifs (C(OH)–C–C–N with tert-alkyl or cyclic N) is 1. The highest BCUT2D eigenvalue weighted by Crippen LogP contribution is 2.20. The molecule has 0 unspecified atom stereocenters. The number of aliphatic hydroxyl groups excluding tert-OH is 1. The molecule has 92 valence electrons. The number of carbonyl (C=O) groups excluding carboxylic acids is 1. The largest absolute Gasteiger partial charge is 0.480 e. The van der Waals surface area contributed by atoms with Gasteiger partial charge in [0.1, 0.15) is 11.7 Å². The van der Waals surface area contributed by atoms with Crippen molar-refractivity contribution < 1.29 is 19.8 Å². The van der Waals surface area contributed by atoms with E-state index in [0.717, 1.165) is 0 Å². The Labute approximate surface area is 97.3 Å². The van der Waals surface area contributed by atoms with Crippen molar-refractivity contribution in [3.8, 4) is 0 Å². The maximum Gasteiger partial charge on any atom is 0.326 e. The summed E-state index contributed by atoms with van der Waals surface area (Å²) in [5.41, 5.74) is 0.311. The summed E-state index contributed by atoms with van der Waals surface area (Å²) < 4.78 is 1.52. The third-order valence-electron chi connectivity index (χ3n) is 2.86. The summed E-state index contributed by atoms with van der Waals surface area (Å²) in [7, 11) is 1.66. The number of aliphatic carboxylic acids is 1. The molecule has 1 amide bonds. The number of carbonyl (C=O) groups is 2. The molecular weight excluding hydrogens is 226 g/mol. The quantitative estimate of drug-likeness (QED) is 0.696. The van der Waals surface area contributed by atoms with Gasteiger partial charge in [-0.1, -0.05) is 0 Å². The molecule has 2 atom stereocenters. The summed E-state index contributed by atoms with van der Waals surface area (Å²) in [4.78, 5) is 28.0. The summed E-state index contributed by atoms with van der Waals surface area (Å²) in [6.07, 6.45) is 2.13. The Morgan fingerprint density at radius 2 is 2.24 bits per heavy atom. The Hall–Kier alpha value is -1.89. The van der Waals surface area contributed by atoms with E-state index in [0.29, 0.717) is 5.69 Å². The Kier molecular flexibility index (Phi) is 2.84. The molecule has 0 radical (unpaired) electrons. The van der Waals surface area contributed by atoms with Gasteiger partial charge in [-0.15, -0.1) is 0 Å². The van der Waals surface area contributed by atoms with Crippen LogP contribution in [0.2, 0.25) is 0 Å². The lowest BCUT2D eigenvalue weighted by atomic mass is 10.2. The third kappa shape index (κ3) is 2.01. The van der Waals surface area contributed by atoms with Crippen molar-refractivity contribution in [1.82, 2.24) is 14.5 Å². The summed E-state index contributed by atoms with van der Waals surface area (Å²) >= 11 is 0. The molecular formula is C10H13N3O4. The Morgan fingerprint density at radius 1 is 1.53 bits per heavy atom. The molecule has 17 heavy (non-hydrogen) atoms. The summed E-state index contributed by atoms with van der Waals surface area (Å²) in [5, 5.41) is 18.4. The lowest BCUT2D eigenvalue weighted by Crippen LogP contribution is -2.41. The van der Waals surface area contributed by atoms with E-state index >= 15 is 0 Å². The Morgan fingerprint density at radius 3 is 2.76 bits per heavy atom. The molecule has 1 aromatic heterocycles. The van der Waals surface area contributed by atoms with Crippen LogP contribution in [-0.4, -0.2) is 55.2 Å². The molecule has 1 aromatic rings. The topological polar surface area (TPSA) is 95.7 Å². The van der Waals surface area contributed by atoms with Crippen molar-refractivity contribution >= 4 is 11.9 Å². The zero-order valence-electron chi connectivity index (χ0n) is 9.28. The van der Waals surface area contributed by atoms with Crippen LogP contribution in [0.5, 0.6) is 0 Å². The minimum Gasteiger partial charge on any atom is -0.480 e. The molecule has 2 heterocycles. The van der Waals surface area contributed by atoms with Crippen LogP contribution in [0.4, 0.5) is 0 Å². The first kappa shape index (κ1) is 11.6. The second kappa shape index (κ2) is 4.17. The number of carboxylic acids is 1. The maximum absolute atomic E-state index is 12.1. The van der Waals surface area contributed by atoms with E-state index in [2.05, 4.69) is 4.98 Å². The smallest absolute Gasteiger partial charge is 0.326 e. The number of amides is 1. The first-order valence-electron chi connectivity index (χ1n) is 5.19. The predicted molar refractivity (Wildman–Crippen MR) is 56.3 cm³/mol. The van der Waals surface area contributed by atoms with E-state index in [4.69, 9.17) is 5.11 Å². The van der Waals surface area contributed by atoms with Crippen LogP contribution in [-0.2, 0) is 11.8 Å². The number of likely N-dealkylation sites (tertiary alicyclic amines) is 1. The SMILES string of the molecule is Cn1cncc1C(=O)N1C[C@H](O)C[C@@H]1C(=O)O. The zero-order valence-corrected chi connectivity index (χ0v) is 9.28. The zero-order chi connectivity index (χ0) is 12.6. The van der Waals surface area contributed by atoms with Crippen molar-refractivity contribution in [2.24, 2.45) is 7.05 Å². The van der Waals surface area contributed by atoms with Gasteiger partial charge in [-0.2, -0.15) is 0 Å². The van der Waals surface area contributed by atoms with Gasteiger partial charge in [0.05, 0.1) is 18.6 Å². The van der Waals surface area contributed by atoms with Gasteiger partial charge in [0.25, 0.3) is 5.91 Å². The standard InChI is InChI=1S/C10H13N3O4/c1-12-5-11-3-8(12)9(15)13-4-6(14)2-7(13)10(16)17/h3,5-7,14H,2,4H2,1H3,(H,16,17)/t6-,7-/m1/s1. The van der Waals surface area contributed by atoms with Gasteiger partial charge < -0.3 is 19.7 Å². The van der Waals surface area contributed by atoms with Crippen LogP contribution in [0.1, 0.15) is 16.9 Å². The molecule has 0 bridgehead atoms. The normalized spacial score (nSPS) is 24.0. The fraction of sp³-hybridized carbons (Fsp3) is 0.500. The molecule has 0 aliphatic carbocycles. The highest BCUT2D eigenvalue weighted by molar-refractivity contribution is 5.95. The Balaban J connectivity index is 2.25. The molecule has 1 saturated heterocycles. The van der Waals surface area contributed by atoms with Gasteiger partial charge in [0.2, 0.25) is 0 Å². The van der Waals surface area contributed by atoms with Crippen molar-refractivity contribution in [2.75, 3.05) is 6.54 Å². The van der Waals surface area contributed by atoms with E-state index in [1.807, 2.05) is 0 Å². The third-order valence-corrected chi connectivity index (χ3v) is 2.86. The Bertz CT molecular complexity index is 456. The fourth-order valence-corrected chi connectivity index (χ4v) is 1.98. The predicted octanol–water partition coefficient (Wildman–Crippen LogP) is -0.920. The van der Waals surface area contributed by atoms with Crippen molar-refractivity contribution in [2.45, 2.75) is 18.6 Å². The maximum atomic E-state index is 12.1. The number of rotatable bonds is 2. The van der Waals surface area contributed by atoms with Crippen molar-refractivity contribution in [3.63, 3.8) is 0 Å². The van der Waals surface area contributed by atoms with Crippen LogP contribution in [0, 0.1) is 0 Å². The van der Waals surface area contributed by atoms with E-state index in [1.165, 1.54) is 22.0 Å². The monoisotopic (exact) mass is 239 g/mol. The highest BCUT2D eigenvalue weighted by Gasteiger charge is 2.39. The number of nitrogens with zero attached hydrogens (tertiary/aromatic N) is 3. The molecule has 7 nitrogen and oxygen atoms in total. The number of hydrogen-bond donors (Lipinski definition) is 2. The van der Waals surface area contributed by atoms with Gasteiger partial charge in [0, 0.05) is 20.0 Å². The number of imidazole rings is 1. The molecule has 1 aliphatic rings. The molecule has 7 heteroatoms.